The molecule has 3 heterocycles. The highest BCUT2D eigenvalue weighted by Crippen LogP contribution is 2.30. The van der Waals surface area contributed by atoms with Crippen LogP contribution in [0, 0.1) is 6.92 Å². The monoisotopic (exact) mass is 464 g/mol. The Kier molecular flexibility index (Phi) is 7.68. The van der Waals surface area contributed by atoms with E-state index < -0.39 is 5.97 Å². The summed E-state index contributed by atoms with van der Waals surface area (Å²) in [7, 11) is 1.33. The van der Waals surface area contributed by atoms with E-state index in [0.29, 0.717) is 15.7 Å². The molecule has 0 atom stereocenters. The molecule has 0 fully saturated rings. The average Bonchev–Trinajstić information content (AvgIpc) is 3.44. The van der Waals surface area contributed by atoms with Gasteiger partial charge in [0.2, 0.25) is 5.91 Å². The van der Waals surface area contributed by atoms with Crippen molar-refractivity contribution in [2.45, 2.75) is 45.3 Å². The van der Waals surface area contributed by atoms with Crippen LogP contribution < -0.4 is 5.32 Å². The number of methoxy groups -OCH3 is 1. The molecular formula is C20H24N4O3S3. The predicted octanol–water partition coefficient (Wildman–Crippen LogP) is 4.87. The molecule has 160 valence electrons. The van der Waals surface area contributed by atoms with E-state index in [1.165, 1.54) is 35.1 Å². The molecule has 0 aliphatic rings. The highest BCUT2D eigenvalue weighted by Gasteiger charge is 2.20. The second kappa shape index (κ2) is 10.2. The number of ether oxygens (including phenoxy) is 1. The minimum Gasteiger partial charge on any atom is -0.465 e. The van der Waals surface area contributed by atoms with Gasteiger partial charge in [0.05, 0.1) is 18.4 Å². The predicted molar refractivity (Wildman–Crippen MR) is 123 cm³/mol. The van der Waals surface area contributed by atoms with Gasteiger partial charge >= 0.3 is 5.97 Å². The van der Waals surface area contributed by atoms with Crippen LogP contribution in [0.4, 0.5) is 5.00 Å². The van der Waals surface area contributed by atoms with Crippen LogP contribution >= 0.6 is 34.4 Å². The number of esters is 1. The second-order valence-corrected chi connectivity index (χ2v) is 9.74. The van der Waals surface area contributed by atoms with Crippen molar-refractivity contribution in [3.05, 3.63) is 32.8 Å². The van der Waals surface area contributed by atoms with Crippen molar-refractivity contribution in [1.82, 2.24) is 14.8 Å². The number of nitrogens with one attached hydrogen (secondary N) is 1. The number of rotatable bonds is 9. The van der Waals surface area contributed by atoms with E-state index in [9.17, 15) is 9.59 Å². The molecule has 0 aliphatic carbocycles. The van der Waals surface area contributed by atoms with Crippen LogP contribution in [0.3, 0.4) is 0 Å². The Hall–Kier alpha value is -2.17. The highest BCUT2D eigenvalue weighted by atomic mass is 32.2. The maximum absolute atomic E-state index is 12.6. The third-order valence-corrected chi connectivity index (χ3v) is 7.30. The van der Waals surface area contributed by atoms with Gasteiger partial charge < -0.3 is 14.6 Å². The summed E-state index contributed by atoms with van der Waals surface area (Å²) < 4.78 is 6.88. The van der Waals surface area contributed by atoms with Gasteiger partial charge in [-0.05, 0) is 31.9 Å². The van der Waals surface area contributed by atoms with Crippen molar-refractivity contribution in [3.8, 4) is 11.4 Å². The summed E-state index contributed by atoms with van der Waals surface area (Å²) in [5.41, 5.74) is 1.44. The number of carbonyl (C=O) groups excluding carboxylic acids is 2. The number of anilines is 1. The first-order chi connectivity index (χ1) is 14.5. The number of aryl methyl sites for hydroxylation is 2. The van der Waals surface area contributed by atoms with Crippen LogP contribution in [-0.4, -0.2) is 39.5 Å². The first kappa shape index (κ1) is 22.5. The van der Waals surface area contributed by atoms with E-state index in [0.717, 1.165) is 35.7 Å². The molecular weight excluding hydrogens is 440 g/mol. The van der Waals surface area contributed by atoms with Crippen LogP contribution in [0.1, 0.15) is 40.4 Å². The third-order valence-electron chi connectivity index (χ3n) is 4.27. The fourth-order valence-electron chi connectivity index (χ4n) is 2.86. The topological polar surface area (TPSA) is 86.1 Å². The van der Waals surface area contributed by atoms with Crippen LogP contribution in [0.25, 0.3) is 11.4 Å². The van der Waals surface area contributed by atoms with Crippen LogP contribution in [-0.2, 0) is 22.5 Å². The molecule has 10 heteroatoms. The van der Waals surface area contributed by atoms with Gasteiger partial charge in [0.15, 0.2) is 11.0 Å². The van der Waals surface area contributed by atoms with E-state index in [1.54, 1.807) is 17.4 Å². The number of aromatic nitrogens is 3. The highest BCUT2D eigenvalue weighted by molar-refractivity contribution is 7.99. The average molecular weight is 465 g/mol. The fraction of sp³-hybridized carbons (Fsp3) is 0.400. The summed E-state index contributed by atoms with van der Waals surface area (Å²) >= 11 is 4.41. The van der Waals surface area contributed by atoms with E-state index in [2.05, 4.69) is 45.4 Å². The number of thioether (sulfide) groups is 1. The lowest BCUT2D eigenvalue weighted by atomic mass is 10.2. The van der Waals surface area contributed by atoms with Gasteiger partial charge in [0, 0.05) is 27.2 Å². The van der Waals surface area contributed by atoms with Gasteiger partial charge in [0.25, 0.3) is 0 Å². The summed E-state index contributed by atoms with van der Waals surface area (Å²) in [6, 6.07) is 3.87. The smallest absolute Gasteiger partial charge is 0.340 e. The Labute approximate surface area is 187 Å². The number of hydrogen-bond acceptors (Lipinski definition) is 8. The zero-order chi connectivity index (χ0) is 21.7. The molecule has 0 saturated carbocycles. The van der Waals surface area contributed by atoms with Gasteiger partial charge in [-0.15, -0.1) is 32.9 Å². The van der Waals surface area contributed by atoms with E-state index in [1.807, 2.05) is 6.92 Å². The molecule has 30 heavy (non-hydrogen) atoms. The maximum Gasteiger partial charge on any atom is 0.340 e. The Balaban J connectivity index is 1.72. The van der Waals surface area contributed by atoms with E-state index in [4.69, 9.17) is 4.74 Å². The van der Waals surface area contributed by atoms with Crippen LogP contribution in [0.5, 0.6) is 0 Å². The number of carbonyl (C=O) groups is 2. The number of thiophene rings is 2. The van der Waals surface area contributed by atoms with E-state index in [-0.39, 0.29) is 11.7 Å². The quantitative estimate of drug-likeness (QED) is 0.359. The lowest BCUT2D eigenvalue weighted by molar-refractivity contribution is -0.113. The fourth-order valence-corrected chi connectivity index (χ4v) is 5.30. The SMILES string of the molecule is CCCn1c(SCC(=O)Nc2sc(CC)cc2C(=O)OC)nnc1-c1csc(C)c1. The molecule has 3 aromatic rings. The van der Waals surface area contributed by atoms with Gasteiger partial charge in [-0.3, -0.25) is 4.79 Å². The van der Waals surface area contributed by atoms with Crippen molar-refractivity contribution in [2.75, 3.05) is 18.2 Å². The van der Waals surface area contributed by atoms with Crippen molar-refractivity contribution < 1.29 is 14.3 Å². The Morgan fingerprint density at radius 1 is 1.27 bits per heavy atom. The molecule has 0 radical (unpaired) electrons. The molecule has 0 spiro atoms. The molecule has 0 aromatic carbocycles. The van der Waals surface area contributed by atoms with Crippen LogP contribution in [0.15, 0.2) is 22.7 Å². The summed E-state index contributed by atoms with van der Waals surface area (Å²) in [6.45, 7) is 6.94. The molecule has 3 rings (SSSR count). The standard InChI is InChI=1S/C20H24N4O3S3/c1-5-7-24-17(13-8-12(3)28-10-13)22-23-20(24)29-11-16(25)21-18-15(19(26)27-4)9-14(6-2)30-18/h8-10H,5-7,11H2,1-4H3,(H,21,25). The zero-order valence-corrected chi connectivity index (χ0v) is 19.8. The molecule has 3 aromatic heterocycles. The summed E-state index contributed by atoms with van der Waals surface area (Å²) in [4.78, 5) is 26.8. The number of nitrogens with zero attached hydrogens (tertiary/aromatic N) is 3. The Morgan fingerprint density at radius 2 is 2.07 bits per heavy atom. The van der Waals surface area contributed by atoms with Crippen LogP contribution in [0.2, 0.25) is 0 Å². The van der Waals surface area contributed by atoms with E-state index >= 15 is 0 Å². The first-order valence-electron chi connectivity index (χ1n) is 9.59. The minimum atomic E-state index is -0.452. The second-order valence-electron chi connectivity index (χ2n) is 6.54. The molecule has 1 amide bonds. The van der Waals surface area contributed by atoms with Gasteiger partial charge in [-0.1, -0.05) is 25.6 Å². The molecule has 0 bridgehead atoms. The van der Waals surface area contributed by atoms with Crippen molar-refractivity contribution in [1.29, 1.82) is 0 Å². The summed E-state index contributed by atoms with van der Waals surface area (Å²) in [6.07, 6.45) is 1.72. The maximum atomic E-state index is 12.6. The molecule has 0 unspecified atom stereocenters. The Bertz CT molecular complexity index is 1040. The van der Waals surface area contributed by atoms with Crippen molar-refractivity contribution in [3.63, 3.8) is 0 Å². The molecule has 0 aliphatic heterocycles. The molecule has 0 saturated heterocycles. The molecule has 1 N–H and O–H groups in total. The largest absolute Gasteiger partial charge is 0.465 e. The third kappa shape index (κ3) is 5.11. The number of amides is 1. The lowest BCUT2D eigenvalue weighted by Gasteiger charge is -2.08. The number of hydrogen-bond donors (Lipinski definition) is 1. The van der Waals surface area contributed by atoms with Gasteiger partial charge in [-0.25, -0.2) is 4.79 Å². The minimum absolute atomic E-state index is 0.171. The first-order valence-corrected chi connectivity index (χ1v) is 12.3. The summed E-state index contributed by atoms with van der Waals surface area (Å²) in [5.74, 6) is 0.341. The molecule has 7 nitrogen and oxygen atoms in total. The Morgan fingerprint density at radius 3 is 2.70 bits per heavy atom. The lowest BCUT2D eigenvalue weighted by Crippen LogP contribution is -2.16. The normalized spacial score (nSPS) is 10.9. The van der Waals surface area contributed by atoms with Gasteiger partial charge in [-0.2, -0.15) is 0 Å². The van der Waals surface area contributed by atoms with Crippen molar-refractivity contribution >= 4 is 51.3 Å². The zero-order valence-electron chi connectivity index (χ0n) is 17.4. The van der Waals surface area contributed by atoms with Gasteiger partial charge in [0.1, 0.15) is 5.00 Å². The summed E-state index contributed by atoms with van der Waals surface area (Å²) in [5, 5.41) is 14.8. The van der Waals surface area contributed by atoms with Crippen molar-refractivity contribution in [2.24, 2.45) is 0 Å².